The number of ether oxygens (including phenoxy) is 1. The normalized spacial score (nSPS) is 10.6. The van der Waals surface area contributed by atoms with Crippen LogP contribution in [0.3, 0.4) is 0 Å². The Hall–Kier alpha value is -2.12. The van der Waals surface area contributed by atoms with Gasteiger partial charge < -0.3 is 20.4 Å². The monoisotopic (exact) mass is 347 g/mol. The van der Waals surface area contributed by atoms with Crippen molar-refractivity contribution in [2.45, 2.75) is 0 Å². The van der Waals surface area contributed by atoms with E-state index in [1.807, 2.05) is 0 Å². The third-order valence-corrected chi connectivity index (χ3v) is 3.49. The number of carbonyl (C=O) groups is 1. The van der Waals surface area contributed by atoms with E-state index in [-0.39, 0.29) is 16.3 Å². The molecule has 0 spiro atoms. The number of nitrogen functional groups attached to an aromatic ring is 1. The number of pyridine rings is 1. The number of methoxy groups -OCH3 is 1. The van der Waals surface area contributed by atoms with E-state index in [0.717, 1.165) is 6.07 Å². The highest BCUT2D eigenvalue weighted by Crippen LogP contribution is 2.38. The number of hydrogen-bond donors (Lipinski definition) is 1. The van der Waals surface area contributed by atoms with Crippen molar-refractivity contribution >= 4 is 34.9 Å². The van der Waals surface area contributed by atoms with Gasteiger partial charge in [0.05, 0.1) is 28.8 Å². The number of aromatic carboxylic acids is 1. The average molecular weight is 348 g/mol. The van der Waals surface area contributed by atoms with E-state index in [1.54, 1.807) is 0 Å². The summed E-state index contributed by atoms with van der Waals surface area (Å²) in [4.78, 5) is 14.4. The minimum absolute atomic E-state index is 0.0498. The van der Waals surface area contributed by atoms with Gasteiger partial charge >= 0.3 is 0 Å². The van der Waals surface area contributed by atoms with E-state index in [1.165, 1.54) is 13.2 Å². The number of carboxylic acids is 1. The second kappa shape index (κ2) is 5.94. The van der Waals surface area contributed by atoms with Gasteiger partial charge in [-0.05, 0) is 12.1 Å². The molecule has 1 aromatic heterocycles. The fraction of sp³-hybridized carbons (Fsp3) is 0.0769. The Morgan fingerprint density at radius 3 is 2.50 bits per heavy atom. The molecule has 0 amide bonds. The Bertz CT molecular complexity index is 785. The third kappa shape index (κ3) is 2.53. The van der Waals surface area contributed by atoms with Crippen LogP contribution in [-0.2, 0) is 0 Å². The van der Waals surface area contributed by atoms with Crippen LogP contribution in [0.2, 0.25) is 10.0 Å². The van der Waals surface area contributed by atoms with Gasteiger partial charge in [0.15, 0.2) is 17.4 Å². The van der Waals surface area contributed by atoms with Gasteiger partial charge in [-0.15, -0.1) is 0 Å². The predicted molar refractivity (Wildman–Crippen MR) is 74.9 cm³/mol. The maximum Gasteiger partial charge on any atom is 0.176 e. The Balaban J connectivity index is 2.81. The highest BCUT2D eigenvalue weighted by molar-refractivity contribution is 6.35. The SMILES string of the molecule is COc1c(Cl)ccc(-c2nc(C(=O)[O-])c(Cl)c(N)c2F)c1F. The lowest BCUT2D eigenvalue weighted by atomic mass is 10.1. The fourth-order valence-electron chi connectivity index (χ4n) is 1.78. The van der Waals surface area contributed by atoms with Gasteiger partial charge in [0.25, 0.3) is 0 Å². The lowest BCUT2D eigenvalue weighted by Crippen LogP contribution is -2.25. The Labute approximate surface area is 133 Å². The first-order chi connectivity index (χ1) is 10.3. The van der Waals surface area contributed by atoms with E-state index in [4.69, 9.17) is 33.7 Å². The first-order valence-electron chi connectivity index (χ1n) is 5.67. The number of nitrogens with two attached hydrogens (primary N) is 1. The molecule has 9 heteroatoms. The highest BCUT2D eigenvalue weighted by atomic mass is 35.5. The summed E-state index contributed by atoms with van der Waals surface area (Å²) in [6.07, 6.45) is 0. The smallest absolute Gasteiger partial charge is 0.176 e. The van der Waals surface area contributed by atoms with Gasteiger partial charge in [-0.1, -0.05) is 23.2 Å². The minimum atomic E-state index is -1.78. The van der Waals surface area contributed by atoms with Crippen molar-refractivity contribution in [1.29, 1.82) is 0 Å². The van der Waals surface area contributed by atoms with Crippen LogP contribution in [0.4, 0.5) is 14.5 Å². The van der Waals surface area contributed by atoms with Crippen molar-refractivity contribution in [2.75, 3.05) is 12.8 Å². The summed E-state index contributed by atoms with van der Waals surface area (Å²) < 4.78 is 33.3. The molecule has 0 bridgehead atoms. The van der Waals surface area contributed by atoms with Gasteiger partial charge in [-0.3, -0.25) is 0 Å². The molecule has 2 N–H and O–H groups in total. The molecule has 0 aliphatic carbocycles. The lowest BCUT2D eigenvalue weighted by molar-refractivity contribution is -0.255. The summed E-state index contributed by atoms with van der Waals surface area (Å²) in [5, 5.41) is 10.3. The molecular formula is C13H7Cl2F2N2O3-. The molecule has 22 heavy (non-hydrogen) atoms. The molecule has 5 nitrogen and oxygen atoms in total. The number of anilines is 1. The molecule has 1 heterocycles. The number of aromatic nitrogens is 1. The fourth-order valence-corrected chi connectivity index (χ4v) is 2.20. The van der Waals surface area contributed by atoms with Crippen LogP contribution in [0.5, 0.6) is 5.75 Å². The quantitative estimate of drug-likeness (QED) is 0.920. The Morgan fingerprint density at radius 2 is 1.95 bits per heavy atom. The first-order valence-corrected chi connectivity index (χ1v) is 6.43. The highest BCUT2D eigenvalue weighted by Gasteiger charge is 2.23. The van der Waals surface area contributed by atoms with Gasteiger partial charge in [0, 0.05) is 5.56 Å². The average Bonchev–Trinajstić information content (AvgIpc) is 2.46. The maximum absolute atomic E-state index is 14.3. The molecule has 0 fully saturated rings. The molecule has 0 aliphatic heterocycles. The summed E-state index contributed by atoms with van der Waals surface area (Å²) in [6, 6.07) is 2.35. The molecule has 2 aromatic rings. The number of carbonyl (C=O) groups excluding carboxylic acids is 1. The number of rotatable bonds is 3. The number of carboxylic acid groups (broad SMARTS) is 1. The molecule has 0 radical (unpaired) electrons. The molecule has 0 saturated carbocycles. The largest absolute Gasteiger partial charge is 0.543 e. The minimum Gasteiger partial charge on any atom is -0.543 e. The molecule has 116 valence electrons. The van der Waals surface area contributed by atoms with E-state index in [9.17, 15) is 18.7 Å². The van der Waals surface area contributed by atoms with Crippen LogP contribution in [0.1, 0.15) is 10.5 Å². The molecule has 0 atom stereocenters. The number of hydrogen-bond acceptors (Lipinski definition) is 5. The standard InChI is InChI=1S/C13H8Cl2F2N2O3/c1-22-12-5(14)3-2-4(7(12)16)10-8(17)9(18)6(15)11(19-10)13(20)21/h2-3H,1H3,(H2,18,19)(H,20,21)/p-1. The second-order valence-electron chi connectivity index (χ2n) is 4.08. The second-order valence-corrected chi connectivity index (χ2v) is 4.87. The Kier molecular flexibility index (Phi) is 4.39. The summed E-state index contributed by atoms with van der Waals surface area (Å²) in [6.45, 7) is 0. The third-order valence-electron chi connectivity index (χ3n) is 2.81. The number of benzene rings is 1. The van der Waals surface area contributed by atoms with E-state index in [2.05, 4.69) is 4.98 Å². The summed E-state index contributed by atoms with van der Waals surface area (Å²) in [7, 11) is 1.17. The van der Waals surface area contributed by atoms with Gasteiger partial charge in [0.1, 0.15) is 11.4 Å². The van der Waals surface area contributed by atoms with Crippen LogP contribution in [0.25, 0.3) is 11.3 Å². The van der Waals surface area contributed by atoms with Crippen molar-refractivity contribution < 1.29 is 23.4 Å². The molecule has 0 saturated heterocycles. The topological polar surface area (TPSA) is 88.3 Å². The molecule has 0 aliphatic rings. The summed E-state index contributed by atoms with van der Waals surface area (Å²) in [5.74, 6) is -4.31. The zero-order valence-corrected chi connectivity index (χ0v) is 12.4. The van der Waals surface area contributed by atoms with Crippen LogP contribution in [0.15, 0.2) is 12.1 Å². The lowest BCUT2D eigenvalue weighted by Gasteiger charge is -2.14. The summed E-state index contributed by atoms with van der Waals surface area (Å²) >= 11 is 11.3. The molecule has 0 unspecified atom stereocenters. The van der Waals surface area contributed by atoms with E-state index >= 15 is 0 Å². The van der Waals surface area contributed by atoms with Crippen LogP contribution in [0, 0.1) is 11.6 Å². The van der Waals surface area contributed by atoms with Gasteiger partial charge in [-0.25, -0.2) is 13.8 Å². The van der Waals surface area contributed by atoms with Crippen LogP contribution in [-0.4, -0.2) is 18.1 Å². The zero-order chi connectivity index (χ0) is 16.6. The Morgan fingerprint density at radius 1 is 1.32 bits per heavy atom. The number of nitrogens with zero attached hydrogens (tertiary/aromatic N) is 1. The summed E-state index contributed by atoms with van der Waals surface area (Å²) in [5.41, 5.74) is 2.88. The van der Waals surface area contributed by atoms with E-state index < -0.39 is 39.7 Å². The van der Waals surface area contributed by atoms with Crippen molar-refractivity contribution in [3.63, 3.8) is 0 Å². The van der Waals surface area contributed by atoms with Crippen molar-refractivity contribution in [1.82, 2.24) is 4.98 Å². The van der Waals surface area contributed by atoms with Crippen LogP contribution >= 0.6 is 23.2 Å². The van der Waals surface area contributed by atoms with Crippen molar-refractivity contribution in [2.24, 2.45) is 0 Å². The predicted octanol–water partition coefficient (Wildman–Crippen LogP) is 2.29. The van der Waals surface area contributed by atoms with Crippen LogP contribution < -0.4 is 15.6 Å². The van der Waals surface area contributed by atoms with E-state index in [0.29, 0.717) is 0 Å². The maximum atomic E-state index is 14.3. The number of halogens is 4. The first kappa shape index (κ1) is 16.3. The van der Waals surface area contributed by atoms with Gasteiger partial charge in [0.2, 0.25) is 0 Å². The zero-order valence-electron chi connectivity index (χ0n) is 10.9. The molecule has 1 aromatic carbocycles. The van der Waals surface area contributed by atoms with Crippen molar-refractivity contribution in [3.05, 3.63) is 39.5 Å². The van der Waals surface area contributed by atoms with Crippen molar-refractivity contribution in [3.8, 4) is 17.0 Å². The molecular weight excluding hydrogens is 341 g/mol. The van der Waals surface area contributed by atoms with Gasteiger partial charge in [-0.2, -0.15) is 0 Å². The molecule has 2 rings (SSSR count).